The molecule has 4 aromatic rings. The van der Waals surface area contributed by atoms with Gasteiger partial charge in [0.25, 0.3) is 5.91 Å². The van der Waals surface area contributed by atoms with Gasteiger partial charge in [0.1, 0.15) is 0 Å². The van der Waals surface area contributed by atoms with Crippen LogP contribution >= 0.6 is 11.3 Å². The van der Waals surface area contributed by atoms with Crippen LogP contribution in [0, 0.1) is 0 Å². The van der Waals surface area contributed by atoms with Crippen LogP contribution in [0.5, 0.6) is 0 Å². The number of carbonyl (C=O) groups is 1. The number of hydrogen-bond donors (Lipinski definition) is 1. The highest BCUT2D eigenvalue weighted by molar-refractivity contribution is 7.20. The van der Waals surface area contributed by atoms with Crippen molar-refractivity contribution in [3.05, 3.63) is 83.8 Å². The third-order valence-electron chi connectivity index (χ3n) is 4.19. The van der Waals surface area contributed by atoms with Crippen LogP contribution in [0.3, 0.4) is 0 Å². The number of carbonyl (C=O) groups excluding carboxylic acids is 1. The maximum absolute atomic E-state index is 12.5. The summed E-state index contributed by atoms with van der Waals surface area (Å²) in [4.78, 5) is 17.3. The number of benzene rings is 2. The number of nitrogens with zero attached hydrogens (tertiary/aromatic N) is 2. The highest BCUT2D eigenvalue weighted by Crippen LogP contribution is 2.26. The van der Waals surface area contributed by atoms with Crippen LogP contribution in [0.2, 0.25) is 0 Å². The number of amides is 1. The van der Waals surface area contributed by atoms with Gasteiger partial charge < -0.3 is 9.88 Å². The molecule has 4 nitrogen and oxygen atoms in total. The Morgan fingerprint density at radius 3 is 2.68 bits per heavy atom. The van der Waals surface area contributed by atoms with E-state index >= 15 is 0 Å². The quantitative estimate of drug-likeness (QED) is 0.587. The van der Waals surface area contributed by atoms with Crippen LogP contribution in [-0.2, 0) is 0 Å². The minimum Gasteiger partial charge on any atom is -0.345 e. The van der Waals surface area contributed by atoms with E-state index in [0.717, 1.165) is 26.2 Å². The summed E-state index contributed by atoms with van der Waals surface area (Å²) < 4.78 is 3.08. The number of nitrogens with one attached hydrogen (secondary N) is 1. The Kier molecular flexibility index (Phi) is 4.07. The van der Waals surface area contributed by atoms with Gasteiger partial charge in [-0.2, -0.15) is 0 Å². The number of thiophene rings is 1. The molecule has 0 saturated carbocycles. The van der Waals surface area contributed by atoms with E-state index < -0.39 is 0 Å². The molecule has 1 amide bonds. The summed E-state index contributed by atoms with van der Waals surface area (Å²) in [6, 6.07) is 18.1. The van der Waals surface area contributed by atoms with Crippen molar-refractivity contribution in [2.75, 3.05) is 0 Å². The van der Waals surface area contributed by atoms with E-state index in [-0.39, 0.29) is 11.9 Å². The zero-order chi connectivity index (χ0) is 17.2. The Labute approximate surface area is 149 Å². The molecule has 5 heteroatoms. The Balaban J connectivity index is 1.49. The summed E-state index contributed by atoms with van der Waals surface area (Å²) in [5.41, 5.74) is 2.11. The van der Waals surface area contributed by atoms with Crippen molar-refractivity contribution in [3.63, 3.8) is 0 Å². The molecule has 2 heterocycles. The average molecular weight is 347 g/mol. The Morgan fingerprint density at radius 1 is 1.16 bits per heavy atom. The van der Waals surface area contributed by atoms with Gasteiger partial charge in [-0.15, -0.1) is 11.3 Å². The number of imidazole rings is 1. The predicted molar refractivity (Wildman–Crippen MR) is 101 cm³/mol. The summed E-state index contributed by atoms with van der Waals surface area (Å²) in [6.45, 7) is 2.00. The third kappa shape index (κ3) is 3.19. The summed E-state index contributed by atoms with van der Waals surface area (Å²) in [7, 11) is 0. The van der Waals surface area contributed by atoms with Crippen LogP contribution < -0.4 is 5.32 Å². The molecule has 4 rings (SSSR count). The molecule has 1 atom stereocenters. The fourth-order valence-corrected chi connectivity index (χ4v) is 3.76. The van der Waals surface area contributed by atoms with E-state index in [9.17, 15) is 4.79 Å². The van der Waals surface area contributed by atoms with Crippen LogP contribution in [-0.4, -0.2) is 15.5 Å². The van der Waals surface area contributed by atoms with Crippen LogP contribution in [0.15, 0.2) is 73.3 Å². The maximum Gasteiger partial charge on any atom is 0.261 e. The lowest BCUT2D eigenvalue weighted by Gasteiger charge is -2.14. The molecular formula is C20H17N3OS. The van der Waals surface area contributed by atoms with Crippen molar-refractivity contribution in [3.8, 4) is 5.69 Å². The zero-order valence-corrected chi connectivity index (χ0v) is 14.5. The van der Waals surface area contributed by atoms with Crippen molar-refractivity contribution in [2.24, 2.45) is 0 Å². The summed E-state index contributed by atoms with van der Waals surface area (Å²) >= 11 is 1.52. The normalized spacial score (nSPS) is 12.2. The van der Waals surface area contributed by atoms with E-state index in [0.29, 0.717) is 0 Å². The number of aromatic nitrogens is 2. The average Bonchev–Trinajstić information content (AvgIpc) is 3.31. The smallest absolute Gasteiger partial charge is 0.261 e. The second-order valence-corrected chi connectivity index (χ2v) is 6.99. The van der Waals surface area contributed by atoms with Crippen LogP contribution in [0.25, 0.3) is 15.8 Å². The highest BCUT2D eigenvalue weighted by Gasteiger charge is 2.14. The van der Waals surface area contributed by atoms with Gasteiger partial charge in [0.15, 0.2) is 0 Å². The van der Waals surface area contributed by atoms with Crippen LogP contribution in [0.4, 0.5) is 0 Å². The molecule has 2 aromatic heterocycles. The summed E-state index contributed by atoms with van der Waals surface area (Å²) in [6.07, 6.45) is 5.42. The first kappa shape index (κ1) is 15.6. The fourth-order valence-electron chi connectivity index (χ4n) is 2.79. The molecule has 0 spiro atoms. The first-order valence-electron chi connectivity index (χ1n) is 8.08. The van der Waals surface area contributed by atoms with Gasteiger partial charge in [0.2, 0.25) is 0 Å². The van der Waals surface area contributed by atoms with Gasteiger partial charge in [0.05, 0.1) is 17.2 Å². The van der Waals surface area contributed by atoms with Gasteiger partial charge in [0, 0.05) is 22.8 Å². The van der Waals surface area contributed by atoms with Gasteiger partial charge in [-0.25, -0.2) is 4.98 Å². The predicted octanol–water partition coefficient (Wildman–Crippen LogP) is 4.58. The molecule has 1 unspecified atom stereocenters. The van der Waals surface area contributed by atoms with E-state index in [2.05, 4.69) is 10.3 Å². The SMILES string of the molecule is CC(NC(=O)c1cc2ccccc2s1)c1ccc(-n2ccnc2)cc1. The van der Waals surface area contributed by atoms with E-state index in [1.54, 1.807) is 12.5 Å². The number of fused-ring (bicyclic) bond motifs is 1. The second kappa shape index (κ2) is 6.53. The van der Waals surface area contributed by atoms with Crippen molar-refractivity contribution in [1.29, 1.82) is 0 Å². The van der Waals surface area contributed by atoms with Crippen LogP contribution in [0.1, 0.15) is 28.2 Å². The second-order valence-electron chi connectivity index (χ2n) is 5.91. The van der Waals surface area contributed by atoms with Crippen molar-refractivity contribution < 1.29 is 4.79 Å². The maximum atomic E-state index is 12.5. The molecule has 0 aliphatic heterocycles. The molecule has 124 valence electrons. The molecule has 25 heavy (non-hydrogen) atoms. The van der Waals surface area contributed by atoms with Gasteiger partial charge >= 0.3 is 0 Å². The minimum absolute atomic E-state index is 0.0348. The van der Waals surface area contributed by atoms with Gasteiger partial charge in [-0.1, -0.05) is 30.3 Å². The van der Waals surface area contributed by atoms with Crippen molar-refractivity contribution in [1.82, 2.24) is 14.9 Å². The third-order valence-corrected chi connectivity index (χ3v) is 5.31. The topological polar surface area (TPSA) is 46.9 Å². The molecular weight excluding hydrogens is 330 g/mol. The van der Waals surface area contributed by atoms with Gasteiger partial charge in [-0.05, 0) is 42.1 Å². The highest BCUT2D eigenvalue weighted by atomic mass is 32.1. The Hall–Kier alpha value is -2.92. The van der Waals surface area contributed by atoms with E-state index in [1.165, 1.54) is 11.3 Å². The fraction of sp³-hybridized carbons (Fsp3) is 0.100. The molecule has 0 bridgehead atoms. The standard InChI is InChI=1S/C20H17N3OS/c1-14(15-6-8-17(9-7-15)23-11-10-21-13-23)22-20(24)19-12-16-4-2-3-5-18(16)25-19/h2-14H,1H3,(H,22,24). The molecule has 0 radical (unpaired) electrons. The number of hydrogen-bond acceptors (Lipinski definition) is 3. The summed E-state index contributed by atoms with van der Waals surface area (Å²) in [5, 5.41) is 4.19. The minimum atomic E-state index is -0.0606. The molecule has 0 aliphatic carbocycles. The molecule has 1 N–H and O–H groups in total. The first-order chi connectivity index (χ1) is 12.2. The molecule has 2 aromatic carbocycles. The summed E-state index contributed by atoms with van der Waals surface area (Å²) in [5.74, 6) is -0.0348. The van der Waals surface area contributed by atoms with E-state index in [4.69, 9.17) is 0 Å². The first-order valence-corrected chi connectivity index (χ1v) is 8.90. The lowest BCUT2D eigenvalue weighted by Crippen LogP contribution is -2.25. The molecule has 0 aliphatic rings. The van der Waals surface area contributed by atoms with Crippen molar-refractivity contribution >= 4 is 27.3 Å². The molecule has 0 saturated heterocycles. The lowest BCUT2D eigenvalue weighted by molar-refractivity contribution is 0.0944. The number of rotatable bonds is 4. The monoisotopic (exact) mass is 347 g/mol. The Morgan fingerprint density at radius 2 is 1.96 bits per heavy atom. The van der Waals surface area contributed by atoms with E-state index in [1.807, 2.05) is 72.3 Å². The molecule has 0 fully saturated rings. The Bertz CT molecular complexity index is 970. The van der Waals surface area contributed by atoms with Gasteiger partial charge in [-0.3, -0.25) is 4.79 Å². The lowest BCUT2D eigenvalue weighted by atomic mass is 10.1. The van der Waals surface area contributed by atoms with Crippen molar-refractivity contribution in [2.45, 2.75) is 13.0 Å². The zero-order valence-electron chi connectivity index (χ0n) is 13.7. The largest absolute Gasteiger partial charge is 0.345 e.